The van der Waals surface area contributed by atoms with Crippen LogP contribution >= 0.6 is 11.3 Å². The molecule has 0 saturated carbocycles. The maximum absolute atomic E-state index is 12.1. The zero-order chi connectivity index (χ0) is 18.4. The van der Waals surface area contributed by atoms with E-state index in [0.29, 0.717) is 12.2 Å². The predicted octanol–water partition coefficient (Wildman–Crippen LogP) is 1.76. The molecular weight excluding hydrogens is 346 g/mol. The number of nitrogens with zero attached hydrogens (tertiary/aromatic N) is 4. The number of nitrogens with one attached hydrogen (secondary N) is 1. The van der Waals surface area contributed by atoms with E-state index in [-0.39, 0.29) is 5.91 Å². The number of benzene rings is 1. The lowest BCUT2D eigenvalue weighted by Crippen LogP contribution is -2.45. The molecule has 26 heavy (non-hydrogen) atoms. The van der Waals surface area contributed by atoms with E-state index in [1.807, 2.05) is 24.4 Å². The zero-order valence-corrected chi connectivity index (χ0v) is 16.3. The predicted molar refractivity (Wildman–Crippen MR) is 107 cm³/mol. The van der Waals surface area contributed by atoms with Crippen LogP contribution in [-0.2, 0) is 6.54 Å². The number of carbonyl (C=O) groups excluding carboxylic acids is 1. The minimum atomic E-state index is -0.0803. The van der Waals surface area contributed by atoms with Crippen LogP contribution in [0.25, 0.3) is 0 Å². The Labute approximate surface area is 159 Å². The van der Waals surface area contributed by atoms with Crippen molar-refractivity contribution in [3.8, 4) is 0 Å². The van der Waals surface area contributed by atoms with Crippen LogP contribution in [0.5, 0.6) is 0 Å². The number of rotatable bonds is 7. The third kappa shape index (κ3) is 5.27. The molecule has 1 aliphatic heterocycles. The fourth-order valence-electron chi connectivity index (χ4n) is 2.97. The van der Waals surface area contributed by atoms with Crippen molar-refractivity contribution in [2.75, 3.05) is 58.3 Å². The summed E-state index contributed by atoms with van der Waals surface area (Å²) in [6.07, 6.45) is 0. The molecule has 1 aliphatic rings. The Kier molecular flexibility index (Phi) is 6.60. The molecule has 1 N–H and O–H groups in total. The first-order valence-electron chi connectivity index (χ1n) is 9.01. The standard InChI is InChI=1S/C19H27N5OS/c1-22(2)9-8-20-19(25)17-15-26-18(21-17)14-23-10-12-24(13-11-23)16-6-4-3-5-7-16/h3-7,15H,8-14H2,1-2H3,(H,20,25). The van der Waals surface area contributed by atoms with Crippen molar-refractivity contribution in [3.05, 3.63) is 46.4 Å². The van der Waals surface area contributed by atoms with Gasteiger partial charge in [0, 0.05) is 50.3 Å². The van der Waals surface area contributed by atoms with Crippen LogP contribution in [0.4, 0.5) is 5.69 Å². The second-order valence-corrected chi connectivity index (χ2v) is 7.73. The van der Waals surface area contributed by atoms with E-state index in [0.717, 1.165) is 44.3 Å². The number of anilines is 1. The lowest BCUT2D eigenvalue weighted by Gasteiger charge is -2.35. The Morgan fingerprint density at radius 3 is 2.62 bits per heavy atom. The molecule has 1 amide bonds. The van der Waals surface area contributed by atoms with Gasteiger partial charge in [0.25, 0.3) is 5.91 Å². The number of aromatic nitrogens is 1. The first-order valence-corrected chi connectivity index (χ1v) is 9.89. The average Bonchev–Trinajstić information content (AvgIpc) is 3.11. The van der Waals surface area contributed by atoms with Gasteiger partial charge < -0.3 is 15.1 Å². The number of carbonyl (C=O) groups is 1. The monoisotopic (exact) mass is 373 g/mol. The molecule has 1 fully saturated rings. The SMILES string of the molecule is CN(C)CCNC(=O)c1csc(CN2CCN(c3ccccc3)CC2)n1. The molecule has 0 unspecified atom stereocenters. The second kappa shape index (κ2) is 9.12. The van der Waals surface area contributed by atoms with Gasteiger partial charge in [-0.05, 0) is 26.2 Å². The van der Waals surface area contributed by atoms with E-state index < -0.39 is 0 Å². The Hall–Kier alpha value is -1.96. The summed E-state index contributed by atoms with van der Waals surface area (Å²) in [5, 5.41) is 5.79. The second-order valence-electron chi connectivity index (χ2n) is 6.78. The Bertz CT molecular complexity index is 695. The summed E-state index contributed by atoms with van der Waals surface area (Å²) in [6.45, 7) is 6.35. The van der Waals surface area contributed by atoms with E-state index in [4.69, 9.17) is 0 Å². The number of para-hydroxylation sites is 1. The van der Waals surface area contributed by atoms with Crippen molar-refractivity contribution in [2.45, 2.75) is 6.54 Å². The summed E-state index contributed by atoms with van der Waals surface area (Å²) in [5.41, 5.74) is 1.82. The number of piperazine rings is 1. The quantitative estimate of drug-likeness (QED) is 0.801. The van der Waals surface area contributed by atoms with Crippen molar-refractivity contribution >= 4 is 22.9 Å². The van der Waals surface area contributed by atoms with Crippen LogP contribution in [0, 0.1) is 0 Å². The fourth-order valence-corrected chi connectivity index (χ4v) is 3.78. The van der Waals surface area contributed by atoms with Crippen molar-refractivity contribution in [1.82, 2.24) is 20.1 Å². The molecule has 7 heteroatoms. The molecule has 0 atom stereocenters. The Morgan fingerprint density at radius 2 is 1.92 bits per heavy atom. The smallest absolute Gasteiger partial charge is 0.270 e. The highest BCUT2D eigenvalue weighted by atomic mass is 32.1. The molecule has 0 aliphatic carbocycles. The summed E-state index contributed by atoms with van der Waals surface area (Å²) in [4.78, 5) is 23.5. The molecule has 0 bridgehead atoms. The number of likely N-dealkylation sites (N-methyl/N-ethyl adjacent to an activating group) is 1. The van der Waals surface area contributed by atoms with Gasteiger partial charge in [-0.2, -0.15) is 0 Å². The van der Waals surface area contributed by atoms with Gasteiger partial charge in [0.05, 0.1) is 6.54 Å². The maximum Gasteiger partial charge on any atom is 0.270 e. The molecule has 1 aromatic carbocycles. The topological polar surface area (TPSA) is 51.7 Å². The van der Waals surface area contributed by atoms with Crippen LogP contribution < -0.4 is 10.2 Å². The third-order valence-electron chi connectivity index (χ3n) is 4.48. The minimum Gasteiger partial charge on any atom is -0.369 e. The normalized spacial score (nSPS) is 15.4. The van der Waals surface area contributed by atoms with Crippen molar-refractivity contribution in [1.29, 1.82) is 0 Å². The molecule has 140 valence electrons. The van der Waals surface area contributed by atoms with Crippen LogP contribution in [0.2, 0.25) is 0 Å². The molecule has 2 aromatic rings. The van der Waals surface area contributed by atoms with Gasteiger partial charge in [-0.15, -0.1) is 11.3 Å². The van der Waals surface area contributed by atoms with Crippen molar-refractivity contribution < 1.29 is 4.79 Å². The summed E-state index contributed by atoms with van der Waals surface area (Å²) in [7, 11) is 3.98. The molecule has 1 saturated heterocycles. The molecular formula is C19H27N5OS. The lowest BCUT2D eigenvalue weighted by molar-refractivity contribution is 0.0946. The van der Waals surface area contributed by atoms with Gasteiger partial charge in [0.1, 0.15) is 10.7 Å². The molecule has 1 aromatic heterocycles. The lowest BCUT2D eigenvalue weighted by atomic mass is 10.2. The Balaban J connectivity index is 1.45. The van der Waals surface area contributed by atoms with Gasteiger partial charge in [-0.1, -0.05) is 18.2 Å². The van der Waals surface area contributed by atoms with Gasteiger partial charge in [0.2, 0.25) is 0 Å². The molecule has 2 heterocycles. The van der Waals surface area contributed by atoms with E-state index in [2.05, 4.69) is 50.4 Å². The van der Waals surface area contributed by atoms with Gasteiger partial charge in [-0.3, -0.25) is 9.69 Å². The van der Waals surface area contributed by atoms with E-state index in [1.165, 1.54) is 5.69 Å². The van der Waals surface area contributed by atoms with E-state index in [9.17, 15) is 4.79 Å². The molecule has 6 nitrogen and oxygen atoms in total. The van der Waals surface area contributed by atoms with Crippen LogP contribution in [0.3, 0.4) is 0 Å². The summed E-state index contributed by atoms with van der Waals surface area (Å²) in [5.74, 6) is -0.0803. The number of amides is 1. The van der Waals surface area contributed by atoms with Crippen LogP contribution in [0.1, 0.15) is 15.5 Å². The largest absolute Gasteiger partial charge is 0.369 e. The Morgan fingerprint density at radius 1 is 1.19 bits per heavy atom. The summed E-state index contributed by atoms with van der Waals surface area (Å²) in [6, 6.07) is 10.6. The van der Waals surface area contributed by atoms with Gasteiger partial charge in [-0.25, -0.2) is 4.98 Å². The first-order chi connectivity index (χ1) is 12.6. The first kappa shape index (κ1) is 18.8. The molecule has 0 spiro atoms. The summed E-state index contributed by atoms with van der Waals surface area (Å²) < 4.78 is 0. The average molecular weight is 374 g/mol. The highest BCUT2D eigenvalue weighted by molar-refractivity contribution is 7.09. The molecule has 3 rings (SSSR count). The van der Waals surface area contributed by atoms with E-state index in [1.54, 1.807) is 11.3 Å². The number of hydrogen-bond donors (Lipinski definition) is 1. The van der Waals surface area contributed by atoms with Crippen LogP contribution in [0.15, 0.2) is 35.7 Å². The minimum absolute atomic E-state index is 0.0803. The highest BCUT2D eigenvalue weighted by Crippen LogP contribution is 2.18. The van der Waals surface area contributed by atoms with Crippen LogP contribution in [-0.4, -0.2) is 74.1 Å². The number of hydrogen-bond acceptors (Lipinski definition) is 6. The number of thiazole rings is 1. The highest BCUT2D eigenvalue weighted by Gasteiger charge is 2.19. The van der Waals surface area contributed by atoms with Crippen molar-refractivity contribution in [2.24, 2.45) is 0 Å². The molecule has 0 radical (unpaired) electrons. The van der Waals surface area contributed by atoms with E-state index >= 15 is 0 Å². The zero-order valence-electron chi connectivity index (χ0n) is 15.5. The third-order valence-corrected chi connectivity index (χ3v) is 5.32. The van der Waals surface area contributed by atoms with Gasteiger partial charge in [0.15, 0.2) is 0 Å². The van der Waals surface area contributed by atoms with Gasteiger partial charge >= 0.3 is 0 Å². The maximum atomic E-state index is 12.1. The summed E-state index contributed by atoms with van der Waals surface area (Å²) >= 11 is 1.57. The fraction of sp³-hybridized carbons (Fsp3) is 0.474. The van der Waals surface area contributed by atoms with Crippen molar-refractivity contribution in [3.63, 3.8) is 0 Å².